The van der Waals surface area contributed by atoms with Crippen LogP contribution in [0.4, 0.5) is 13.2 Å². The fraction of sp³-hybridized carbons (Fsp3) is 0.409. The standard InChI is InChI=1S/C22H26F3N3O2/c1-27-9-11-28(12-10-27)15-18-7-5-17(6-8-18)14-26-21(29)16-30-20-4-2-3-19(13-20)22(23,24)25/h2-8,13H,9-12,14-16H2,1H3,(H,26,29). The van der Waals surface area contributed by atoms with Crippen LogP contribution in [0.15, 0.2) is 48.5 Å². The van der Waals surface area contributed by atoms with Crippen LogP contribution in [0.3, 0.4) is 0 Å². The van der Waals surface area contributed by atoms with Crippen LogP contribution in [0.1, 0.15) is 16.7 Å². The van der Waals surface area contributed by atoms with E-state index in [2.05, 4.69) is 34.3 Å². The van der Waals surface area contributed by atoms with E-state index in [1.165, 1.54) is 17.7 Å². The Morgan fingerprint density at radius 2 is 1.70 bits per heavy atom. The maximum absolute atomic E-state index is 12.7. The number of benzene rings is 2. The van der Waals surface area contributed by atoms with Gasteiger partial charge >= 0.3 is 6.18 Å². The SMILES string of the molecule is CN1CCN(Cc2ccc(CNC(=O)COc3cccc(C(F)(F)F)c3)cc2)CC1. The van der Waals surface area contributed by atoms with Crippen molar-refractivity contribution in [3.63, 3.8) is 0 Å². The molecule has 162 valence electrons. The lowest BCUT2D eigenvalue weighted by Gasteiger charge is -2.32. The van der Waals surface area contributed by atoms with Crippen LogP contribution in [-0.4, -0.2) is 55.5 Å². The molecular weight excluding hydrogens is 395 g/mol. The third-order valence-electron chi connectivity index (χ3n) is 5.05. The van der Waals surface area contributed by atoms with Gasteiger partial charge in [0.2, 0.25) is 0 Å². The van der Waals surface area contributed by atoms with Gasteiger partial charge in [0.25, 0.3) is 5.91 Å². The average Bonchev–Trinajstić information content (AvgIpc) is 2.73. The first-order valence-corrected chi connectivity index (χ1v) is 9.85. The molecule has 30 heavy (non-hydrogen) atoms. The lowest BCUT2D eigenvalue weighted by molar-refractivity contribution is -0.137. The lowest BCUT2D eigenvalue weighted by atomic mass is 10.1. The quantitative estimate of drug-likeness (QED) is 0.746. The van der Waals surface area contributed by atoms with Gasteiger partial charge in [0.1, 0.15) is 5.75 Å². The molecule has 1 heterocycles. The third kappa shape index (κ3) is 6.74. The number of piperazine rings is 1. The van der Waals surface area contributed by atoms with Gasteiger partial charge in [-0.2, -0.15) is 13.2 Å². The normalized spacial score (nSPS) is 15.7. The summed E-state index contributed by atoms with van der Waals surface area (Å²) in [6.45, 7) is 5.16. The minimum atomic E-state index is -4.45. The Balaban J connectivity index is 1.41. The number of nitrogens with zero attached hydrogens (tertiary/aromatic N) is 2. The van der Waals surface area contributed by atoms with Crippen LogP contribution < -0.4 is 10.1 Å². The largest absolute Gasteiger partial charge is 0.484 e. The molecule has 0 atom stereocenters. The molecule has 1 amide bonds. The Bertz CT molecular complexity index is 832. The van der Waals surface area contributed by atoms with Gasteiger partial charge in [-0.15, -0.1) is 0 Å². The maximum Gasteiger partial charge on any atom is 0.416 e. The molecule has 0 bridgehead atoms. The Hall–Kier alpha value is -2.58. The molecule has 0 aliphatic carbocycles. The molecule has 0 radical (unpaired) electrons. The topological polar surface area (TPSA) is 44.8 Å². The van der Waals surface area contributed by atoms with E-state index < -0.39 is 17.6 Å². The van der Waals surface area contributed by atoms with E-state index in [-0.39, 0.29) is 12.4 Å². The number of halogens is 3. The zero-order chi connectivity index (χ0) is 21.6. The van der Waals surface area contributed by atoms with Crippen LogP contribution in [-0.2, 0) is 24.1 Å². The van der Waals surface area contributed by atoms with Gasteiger partial charge in [0.05, 0.1) is 5.56 Å². The second kappa shape index (κ2) is 9.95. The molecule has 8 heteroatoms. The van der Waals surface area contributed by atoms with E-state index in [1.807, 2.05) is 12.1 Å². The highest BCUT2D eigenvalue weighted by atomic mass is 19.4. The van der Waals surface area contributed by atoms with Gasteiger partial charge in [-0.05, 0) is 36.4 Å². The number of carbonyl (C=O) groups excluding carboxylic acids is 1. The summed E-state index contributed by atoms with van der Waals surface area (Å²) in [5, 5.41) is 2.72. The lowest BCUT2D eigenvalue weighted by Crippen LogP contribution is -2.43. The number of likely N-dealkylation sites (N-methyl/N-ethyl adjacent to an activating group) is 1. The number of hydrogen-bond acceptors (Lipinski definition) is 4. The first-order chi connectivity index (χ1) is 14.3. The molecular formula is C22H26F3N3O2. The zero-order valence-electron chi connectivity index (χ0n) is 16.9. The summed E-state index contributed by atoms with van der Waals surface area (Å²) in [5.74, 6) is -0.387. The van der Waals surface area contributed by atoms with Crippen molar-refractivity contribution in [3.05, 3.63) is 65.2 Å². The van der Waals surface area contributed by atoms with Crippen molar-refractivity contribution in [2.75, 3.05) is 39.8 Å². The summed E-state index contributed by atoms with van der Waals surface area (Å²) in [5.41, 5.74) is 1.36. The maximum atomic E-state index is 12.7. The Kier molecular flexibility index (Phi) is 7.33. The Morgan fingerprint density at radius 3 is 2.37 bits per heavy atom. The highest BCUT2D eigenvalue weighted by molar-refractivity contribution is 5.77. The summed E-state index contributed by atoms with van der Waals surface area (Å²) in [6.07, 6.45) is -4.45. The van der Waals surface area contributed by atoms with Crippen molar-refractivity contribution in [2.24, 2.45) is 0 Å². The number of nitrogens with one attached hydrogen (secondary N) is 1. The van der Waals surface area contributed by atoms with Crippen molar-refractivity contribution in [2.45, 2.75) is 19.3 Å². The monoisotopic (exact) mass is 421 g/mol. The predicted molar refractivity (Wildman–Crippen MR) is 108 cm³/mol. The molecule has 1 aliphatic heterocycles. The molecule has 0 unspecified atom stereocenters. The van der Waals surface area contributed by atoms with E-state index in [0.29, 0.717) is 6.54 Å². The number of carbonyl (C=O) groups is 1. The van der Waals surface area contributed by atoms with Crippen molar-refractivity contribution in [3.8, 4) is 5.75 Å². The number of ether oxygens (including phenoxy) is 1. The number of rotatable bonds is 7. The number of hydrogen-bond donors (Lipinski definition) is 1. The molecule has 0 aromatic heterocycles. The minimum Gasteiger partial charge on any atom is -0.484 e. The van der Waals surface area contributed by atoms with E-state index >= 15 is 0 Å². The van der Waals surface area contributed by atoms with Crippen LogP contribution in [0, 0.1) is 0 Å². The average molecular weight is 421 g/mol. The number of alkyl halides is 3. The van der Waals surface area contributed by atoms with Crippen LogP contribution in [0.2, 0.25) is 0 Å². The van der Waals surface area contributed by atoms with Crippen molar-refractivity contribution in [1.29, 1.82) is 0 Å². The van der Waals surface area contributed by atoms with Gasteiger partial charge in [0, 0.05) is 39.3 Å². The van der Waals surface area contributed by atoms with Gasteiger partial charge < -0.3 is 15.0 Å². The van der Waals surface area contributed by atoms with E-state index in [4.69, 9.17) is 4.74 Å². The van der Waals surface area contributed by atoms with E-state index in [9.17, 15) is 18.0 Å². The minimum absolute atomic E-state index is 0.00762. The van der Waals surface area contributed by atoms with Gasteiger partial charge in [-0.1, -0.05) is 30.3 Å². The van der Waals surface area contributed by atoms with Crippen LogP contribution in [0.5, 0.6) is 5.75 Å². The third-order valence-corrected chi connectivity index (χ3v) is 5.05. The summed E-state index contributed by atoms with van der Waals surface area (Å²) in [6, 6.07) is 12.5. The van der Waals surface area contributed by atoms with Gasteiger partial charge in [-0.3, -0.25) is 9.69 Å². The highest BCUT2D eigenvalue weighted by Gasteiger charge is 2.30. The first-order valence-electron chi connectivity index (χ1n) is 9.85. The molecule has 5 nitrogen and oxygen atoms in total. The molecule has 1 N–H and O–H groups in total. The molecule has 1 aliphatic rings. The first kappa shape index (κ1) is 22.1. The van der Waals surface area contributed by atoms with Crippen molar-refractivity contribution in [1.82, 2.24) is 15.1 Å². The fourth-order valence-electron chi connectivity index (χ4n) is 3.19. The fourth-order valence-corrected chi connectivity index (χ4v) is 3.19. The molecule has 3 rings (SSSR count). The molecule has 1 saturated heterocycles. The molecule has 2 aromatic rings. The van der Waals surface area contributed by atoms with Gasteiger partial charge in [0.15, 0.2) is 6.61 Å². The van der Waals surface area contributed by atoms with Crippen molar-refractivity contribution < 1.29 is 22.7 Å². The molecule has 2 aromatic carbocycles. The smallest absolute Gasteiger partial charge is 0.416 e. The predicted octanol–water partition coefficient (Wildman–Crippen LogP) is 3.15. The van der Waals surface area contributed by atoms with Crippen LogP contribution >= 0.6 is 0 Å². The van der Waals surface area contributed by atoms with Crippen LogP contribution in [0.25, 0.3) is 0 Å². The van der Waals surface area contributed by atoms with E-state index in [1.54, 1.807) is 0 Å². The second-order valence-corrected chi connectivity index (χ2v) is 7.49. The van der Waals surface area contributed by atoms with Gasteiger partial charge in [-0.25, -0.2) is 0 Å². The second-order valence-electron chi connectivity index (χ2n) is 7.49. The Labute approximate surface area is 174 Å². The molecule has 1 fully saturated rings. The van der Waals surface area contributed by atoms with Crippen molar-refractivity contribution >= 4 is 5.91 Å². The molecule has 0 spiro atoms. The summed E-state index contributed by atoms with van der Waals surface area (Å²) in [4.78, 5) is 16.7. The van der Waals surface area contributed by atoms with E-state index in [0.717, 1.165) is 50.4 Å². The zero-order valence-corrected chi connectivity index (χ0v) is 16.9. The molecule has 0 saturated carbocycles. The summed E-state index contributed by atoms with van der Waals surface area (Å²) >= 11 is 0. The summed E-state index contributed by atoms with van der Waals surface area (Å²) in [7, 11) is 2.13. The highest BCUT2D eigenvalue weighted by Crippen LogP contribution is 2.31. The number of amides is 1. The Morgan fingerprint density at radius 1 is 1.03 bits per heavy atom. The summed E-state index contributed by atoms with van der Waals surface area (Å²) < 4.78 is 43.3.